The minimum atomic E-state index is -0.716. The average Bonchev–Trinajstić information content (AvgIpc) is 2.35. The van der Waals surface area contributed by atoms with Gasteiger partial charge >= 0.3 is 0 Å². The Morgan fingerprint density at radius 1 is 1.41 bits per heavy atom. The summed E-state index contributed by atoms with van der Waals surface area (Å²) in [5, 5.41) is 9.70. The number of hydrogen-bond acceptors (Lipinski definition) is 4. The molecule has 0 bridgehead atoms. The fourth-order valence-electron chi connectivity index (χ4n) is 1.97. The van der Waals surface area contributed by atoms with Gasteiger partial charge in [-0.3, -0.25) is 0 Å². The van der Waals surface area contributed by atoms with E-state index in [2.05, 4.69) is 0 Å². The van der Waals surface area contributed by atoms with Crippen molar-refractivity contribution >= 4 is 0 Å². The summed E-state index contributed by atoms with van der Waals surface area (Å²) in [6.07, 6.45) is 6.54. The molecule has 0 aromatic rings. The smallest absolute Gasteiger partial charge is 0.0808 e. The Morgan fingerprint density at radius 2 is 2.24 bits per heavy atom. The lowest BCUT2D eigenvalue weighted by Crippen LogP contribution is -2.33. The van der Waals surface area contributed by atoms with E-state index in [-0.39, 0.29) is 0 Å². The zero-order valence-corrected chi connectivity index (χ0v) is 11.0. The van der Waals surface area contributed by atoms with E-state index in [0.717, 1.165) is 38.9 Å². The van der Waals surface area contributed by atoms with Crippen LogP contribution in [-0.4, -0.2) is 43.2 Å². The van der Waals surface area contributed by atoms with Gasteiger partial charge in [0.1, 0.15) is 0 Å². The second kappa shape index (κ2) is 8.03. The van der Waals surface area contributed by atoms with Gasteiger partial charge in [-0.25, -0.2) is 0 Å². The van der Waals surface area contributed by atoms with Crippen molar-refractivity contribution in [1.29, 1.82) is 0 Å². The molecule has 17 heavy (non-hydrogen) atoms. The molecule has 0 amide bonds. The van der Waals surface area contributed by atoms with E-state index >= 15 is 0 Å². The highest BCUT2D eigenvalue weighted by Crippen LogP contribution is 2.14. The van der Waals surface area contributed by atoms with Gasteiger partial charge in [-0.05, 0) is 45.4 Å². The molecule has 0 saturated carbocycles. The molecule has 0 aromatic carbocycles. The summed E-state index contributed by atoms with van der Waals surface area (Å²) in [6.45, 7) is 4.45. The lowest BCUT2D eigenvalue weighted by molar-refractivity contribution is -0.0417. The predicted octanol–water partition coefficient (Wildman–Crippen LogP) is 1.45. The van der Waals surface area contributed by atoms with Crippen LogP contribution in [0.1, 0.15) is 45.4 Å². The van der Waals surface area contributed by atoms with Crippen LogP contribution >= 0.6 is 0 Å². The van der Waals surface area contributed by atoms with Gasteiger partial charge in [0.05, 0.1) is 18.3 Å². The van der Waals surface area contributed by atoms with Crippen LogP contribution in [0.25, 0.3) is 0 Å². The molecular formula is C13H27NO3. The molecule has 1 rings (SSSR count). The molecule has 1 saturated heterocycles. The van der Waals surface area contributed by atoms with Crippen LogP contribution in [0.15, 0.2) is 0 Å². The number of nitrogens with two attached hydrogens (primary N) is 1. The van der Waals surface area contributed by atoms with Gasteiger partial charge in [-0.2, -0.15) is 0 Å². The monoisotopic (exact) mass is 245 g/mol. The Kier molecular flexibility index (Phi) is 7.04. The minimum absolute atomic E-state index is 0.302. The highest BCUT2D eigenvalue weighted by molar-refractivity contribution is 4.72. The molecule has 4 nitrogen and oxygen atoms in total. The SMILES string of the molecule is CC(O)(CN)CCCCOCC1CCCCO1. The fraction of sp³-hybridized carbons (Fsp3) is 1.00. The van der Waals surface area contributed by atoms with Crippen molar-refractivity contribution in [3.63, 3.8) is 0 Å². The average molecular weight is 245 g/mol. The Balaban J connectivity index is 1.90. The van der Waals surface area contributed by atoms with E-state index in [9.17, 15) is 5.11 Å². The van der Waals surface area contributed by atoms with Crippen molar-refractivity contribution in [3.05, 3.63) is 0 Å². The predicted molar refractivity (Wildman–Crippen MR) is 67.9 cm³/mol. The Morgan fingerprint density at radius 3 is 2.88 bits per heavy atom. The third kappa shape index (κ3) is 6.99. The van der Waals surface area contributed by atoms with Crippen molar-refractivity contribution in [2.24, 2.45) is 5.73 Å². The molecule has 1 aliphatic heterocycles. The maximum absolute atomic E-state index is 9.70. The standard InChI is InChI=1S/C13H27NO3/c1-13(15,11-14)7-3-5-8-16-10-12-6-2-4-9-17-12/h12,15H,2-11,14H2,1H3. The van der Waals surface area contributed by atoms with Gasteiger partial charge in [0, 0.05) is 19.8 Å². The number of rotatable bonds is 8. The first-order valence-electron chi connectivity index (χ1n) is 6.76. The summed E-state index contributed by atoms with van der Waals surface area (Å²) in [4.78, 5) is 0. The zero-order chi connectivity index (χ0) is 12.6. The van der Waals surface area contributed by atoms with E-state index in [4.69, 9.17) is 15.2 Å². The quantitative estimate of drug-likeness (QED) is 0.635. The first kappa shape index (κ1) is 14.9. The molecule has 3 N–H and O–H groups in total. The molecule has 1 heterocycles. The summed E-state index contributed by atoms with van der Waals surface area (Å²) in [5.41, 5.74) is 4.73. The van der Waals surface area contributed by atoms with E-state index in [0.29, 0.717) is 19.3 Å². The Labute approximate surface area is 104 Å². The normalized spacial score (nSPS) is 24.5. The van der Waals surface area contributed by atoms with Crippen LogP contribution in [-0.2, 0) is 9.47 Å². The number of ether oxygens (including phenoxy) is 2. The van der Waals surface area contributed by atoms with Gasteiger partial charge in [0.25, 0.3) is 0 Å². The molecule has 0 radical (unpaired) electrons. The minimum Gasteiger partial charge on any atom is -0.389 e. The molecule has 1 fully saturated rings. The molecule has 0 aliphatic carbocycles. The van der Waals surface area contributed by atoms with E-state index in [1.807, 2.05) is 0 Å². The van der Waals surface area contributed by atoms with Crippen LogP contribution in [0, 0.1) is 0 Å². The third-order valence-corrected chi connectivity index (χ3v) is 3.27. The van der Waals surface area contributed by atoms with Crippen molar-refractivity contribution in [2.75, 3.05) is 26.4 Å². The molecule has 2 unspecified atom stereocenters. The van der Waals surface area contributed by atoms with Crippen LogP contribution in [0.4, 0.5) is 0 Å². The van der Waals surface area contributed by atoms with Crippen LogP contribution in [0.2, 0.25) is 0 Å². The third-order valence-electron chi connectivity index (χ3n) is 3.27. The number of aliphatic hydroxyl groups is 1. The van der Waals surface area contributed by atoms with Crippen LogP contribution in [0.3, 0.4) is 0 Å². The van der Waals surface area contributed by atoms with Gasteiger partial charge in [-0.1, -0.05) is 0 Å². The van der Waals surface area contributed by atoms with Crippen molar-refractivity contribution < 1.29 is 14.6 Å². The second-order valence-corrected chi connectivity index (χ2v) is 5.22. The molecule has 1 aliphatic rings. The highest BCUT2D eigenvalue weighted by Gasteiger charge is 2.17. The van der Waals surface area contributed by atoms with Crippen molar-refractivity contribution in [2.45, 2.75) is 57.2 Å². The first-order chi connectivity index (χ1) is 8.14. The van der Waals surface area contributed by atoms with E-state index in [1.54, 1.807) is 6.92 Å². The summed E-state index contributed by atoms with van der Waals surface area (Å²) in [7, 11) is 0. The summed E-state index contributed by atoms with van der Waals surface area (Å²) in [6, 6.07) is 0. The first-order valence-corrected chi connectivity index (χ1v) is 6.76. The van der Waals surface area contributed by atoms with E-state index < -0.39 is 5.60 Å². The summed E-state index contributed by atoms with van der Waals surface area (Å²) >= 11 is 0. The van der Waals surface area contributed by atoms with Gasteiger partial charge < -0.3 is 20.3 Å². The molecule has 0 aromatic heterocycles. The summed E-state index contributed by atoms with van der Waals surface area (Å²) < 4.78 is 11.2. The maximum Gasteiger partial charge on any atom is 0.0808 e. The molecule has 2 atom stereocenters. The number of hydrogen-bond donors (Lipinski definition) is 2. The van der Waals surface area contributed by atoms with E-state index in [1.165, 1.54) is 12.8 Å². The molecule has 102 valence electrons. The second-order valence-electron chi connectivity index (χ2n) is 5.22. The van der Waals surface area contributed by atoms with Gasteiger partial charge in [0.15, 0.2) is 0 Å². The molecular weight excluding hydrogens is 218 g/mol. The van der Waals surface area contributed by atoms with Crippen LogP contribution in [0.5, 0.6) is 0 Å². The molecule has 4 heteroatoms. The Hall–Kier alpha value is -0.160. The number of unbranched alkanes of at least 4 members (excludes halogenated alkanes) is 1. The maximum atomic E-state index is 9.70. The van der Waals surface area contributed by atoms with Gasteiger partial charge in [0.2, 0.25) is 0 Å². The molecule has 0 spiro atoms. The van der Waals surface area contributed by atoms with Crippen molar-refractivity contribution in [1.82, 2.24) is 0 Å². The lowest BCUT2D eigenvalue weighted by atomic mass is 10.00. The van der Waals surface area contributed by atoms with Crippen molar-refractivity contribution in [3.8, 4) is 0 Å². The Bertz CT molecular complexity index is 191. The zero-order valence-electron chi connectivity index (χ0n) is 11.0. The fourth-order valence-corrected chi connectivity index (χ4v) is 1.97. The summed E-state index contributed by atoms with van der Waals surface area (Å²) in [5.74, 6) is 0. The van der Waals surface area contributed by atoms with Crippen LogP contribution < -0.4 is 5.73 Å². The highest BCUT2D eigenvalue weighted by atomic mass is 16.5. The van der Waals surface area contributed by atoms with Gasteiger partial charge in [-0.15, -0.1) is 0 Å². The lowest BCUT2D eigenvalue weighted by Gasteiger charge is -2.23. The topological polar surface area (TPSA) is 64.7 Å². The largest absolute Gasteiger partial charge is 0.389 e.